The lowest BCUT2D eigenvalue weighted by molar-refractivity contribution is 0.101. The lowest BCUT2D eigenvalue weighted by Crippen LogP contribution is -2.06. The van der Waals surface area contributed by atoms with Crippen LogP contribution in [0.1, 0.15) is 22.8 Å². The fourth-order valence-corrected chi connectivity index (χ4v) is 3.25. The third-order valence-corrected chi connectivity index (χ3v) is 4.65. The number of hydrogen-bond donors (Lipinski definition) is 1. The number of phenolic OH excluding ortho intramolecular Hbond substituents is 1. The molecule has 21 heavy (non-hydrogen) atoms. The van der Waals surface area contributed by atoms with Crippen molar-refractivity contribution in [1.29, 1.82) is 0 Å². The molecule has 0 spiro atoms. The van der Waals surface area contributed by atoms with E-state index in [-0.39, 0.29) is 22.0 Å². The summed E-state index contributed by atoms with van der Waals surface area (Å²) in [5, 5.41) is 9.73. The molecule has 0 amide bonds. The summed E-state index contributed by atoms with van der Waals surface area (Å²) in [6.45, 7) is 1.34. The highest BCUT2D eigenvalue weighted by Gasteiger charge is 2.19. The van der Waals surface area contributed by atoms with Crippen LogP contribution in [0.3, 0.4) is 0 Å². The third kappa shape index (κ3) is 3.46. The summed E-state index contributed by atoms with van der Waals surface area (Å²) in [4.78, 5) is 11.1. The first kappa shape index (κ1) is 15.2. The Bertz CT molecular complexity index is 797. The van der Waals surface area contributed by atoms with Gasteiger partial charge in [-0.2, -0.15) is 0 Å². The summed E-state index contributed by atoms with van der Waals surface area (Å²) in [5.41, 5.74) is 0.407. The van der Waals surface area contributed by atoms with E-state index in [0.717, 1.165) is 12.1 Å². The quantitative estimate of drug-likeness (QED) is 0.882. The predicted molar refractivity (Wildman–Crippen MR) is 75.4 cm³/mol. The molecule has 0 saturated carbocycles. The SMILES string of the molecule is CC(=O)c1ccc(O)c(CS(=O)(=O)c2cccc(F)c2)c1. The number of Topliss-reactive ketones (excluding diaryl/α,β-unsaturated/α-hetero) is 1. The Morgan fingerprint density at radius 3 is 2.52 bits per heavy atom. The van der Waals surface area contributed by atoms with Gasteiger partial charge in [0.2, 0.25) is 0 Å². The first-order valence-corrected chi connectivity index (χ1v) is 7.76. The fourth-order valence-electron chi connectivity index (χ4n) is 1.87. The predicted octanol–water partition coefficient (Wildman–Crippen LogP) is 2.71. The number of aromatic hydroxyl groups is 1. The van der Waals surface area contributed by atoms with Gasteiger partial charge < -0.3 is 5.11 Å². The van der Waals surface area contributed by atoms with E-state index in [1.54, 1.807) is 0 Å². The molecule has 1 N–H and O–H groups in total. The van der Waals surface area contributed by atoms with Crippen molar-refractivity contribution in [2.24, 2.45) is 0 Å². The Morgan fingerprint density at radius 2 is 1.90 bits per heavy atom. The zero-order valence-electron chi connectivity index (χ0n) is 11.2. The third-order valence-electron chi connectivity index (χ3n) is 2.99. The van der Waals surface area contributed by atoms with Crippen molar-refractivity contribution in [3.05, 3.63) is 59.4 Å². The minimum absolute atomic E-state index is 0.104. The van der Waals surface area contributed by atoms with Crippen LogP contribution in [0.25, 0.3) is 0 Å². The van der Waals surface area contributed by atoms with Gasteiger partial charge in [-0.3, -0.25) is 4.79 Å². The smallest absolute Gasteiger partial charge is 0.182 e. The molecule has 110 valence electrons. The van der Waals surface area contributed by atoms with Crippen molar-refractivity contribution in [3.8, 4) is 5.75 Å². The van der Waals surface area contributed by atoms with Gasteiger partial charge in [-0.25, -0.2) is 12.8 Å². The Kier molecular flexibility index (Phi) is 4.09. The van der Waals surface area contributed by atoms with E-state index < -0.39 is 21.4 Å². The number of sulfone groups is 1. The van der Waals surface area contributed by atoms with Crippen LogP contribution in [-0.4, -0.2) is 19.3 Å². The minimum atomic E-state index is -3.81. The van der Waals surface area contributed by atoms with Gasteiger partial charge in [0.25, 0.3) is 0 Å². The largest absolute Gasteiger partial charge is 0.508 e. The van der Waals surface area contributed by atoms with Crippen LogP contribution in [0.5, 0.6) is 5.75 Å². The topological polar surface area (TPSA) is 71.4 Å². The zero-order valence-corrected chi connectivity index (χ0v) is 12.0. The van der Waals surface area contributed by atoms with Crippen molar-refractivity contribution in [2.45, 2.75) is 17.6 Å². The average molecular weight is 308 g/mol. The first-order valence-electron chi connectivity index (χ1n) is 6.11. The van der Waals surface area contributed by atoms with Crippen LogP contribution in [0.2, 0.25) is 0 Å². The van der Waals surface area contributed by atoms with Gasteiger partial charge in [0.05, 0.1) is 10.6 Å². The van der Waals surface area contributed by atoms with E-state index in [2.05, 4.69) is 0 Å². The number of rotatable bonds is 4. The molecule has 0 atom stereocenters. The molecule has 0 heterocycles. The first-order chi connectivity index (χ1) is 9.79. The maximum atomic E-state index is 13.1. The van der Waals surface area contributed by atoms with Gasteiger partial charge in [0.1, 0.15) is 11.6 Å². The van der Waals surface area contributed by atoms with E-state index in [9.17, 15) is 22.7 Å². The summed E-state index contributed by atoms with van der Waals surface area (Å²) >= 11 is 0. The van der Waals surface area contributed by atoms with Crippen molar-refractivity contribution in [1.82, 2.24) is 0 Å². The normalized spacial score (nSPS) is 11.3. The molecule has 0 fully saturated rings. The standard InChI is InChI=1S/C15H13FO4S/c1-10(17)11-5-6-15(18)12(7-11)9-21(19,20)14-4-2-3-13(16)8-14/h2-8,18H,9H2,1H3. The summed E-state index contributed by atoms with van der Waals surface area (Å²) in [5.74, 6) is -1.62. The molecule has 0 aromatic heterocycles. The number of hydrogen-bond acceptors (Lipinski definition) is 4. The fraction of sp³-hybridized carbons (Fsp3) is 0.133. The zero-order chi connectivity index (χ0) is 15.6. The number of phenols is 1. The molecule has 0 saturated heterocycles. The molecule has 2 rings (SSSR count). The van der Waals surface area contributed by atoms with E-state index in [1.807, 2.05) is 0 Å². The second-order valence-corrected chi connectivity index (χ2v) is 6.61. The van der Waals surface area contributed by atoms with E-state index >= 15 is 0 Å². The molecule has 2 aromatic carbocycles. The van der Waals surface area contributed by atoms with Crippen molar-refractivity contribution < 1.29 is 22.7 Å². The lowest BCUT2D eigenvalue weighted by atomic mass is 10.1. The van der Waals surface area contributed by atoms with E-state index in [1.165, 1.54) is 37.3 Å². The van der Waals surface area contributed by atoms with Crippen LogP contribution in [0.4, 0.5) is 4.39 Å². The molecular weight excluding hydrogens is 295 g/mol. The number of halogens is 1. The molecule has 0 bridgehead atoms. The van der Waals surface area contributed by atoms with Crippen LogP contribution in [0.15, 0.2) is 47.4 Å². The van der Waals surface area contributed by atoms with Crippen LogP contribution < -0.4 is 0 Å². The van der Waals surface area contributed by atoms with Crippen LogP contribution in [0, 0.1) is 5.82 Å². The Hall–Kier alpha value is -2.21. The van der Waals surface area contributed by atoms with E-state index in [4.69, 9.17) is 0 Å². The molecule has 0 aliphatic heterocycles. The number of carbonyl (C=O) groups is 1. The van der Waals surface area contributed by atoms with Gasteiger partial charge in [-0.05, 0) is 43.3 Å². The van der Waals surface area contributed by atoms with Crippen molar-refractivity contribution in [3.63, 3.8) is 0 Å². The monoisotopic (exact) mass is 308 g/mol. The van der Waals surface area contributed by atoms with Gasteiger partial charge in [0, 0.05) is 11.1 Å². The highest BCUT2D eigenvalue weighted by atomic mass is 32.2. The second kappa shape index (κ2) is 5.65. The molecule has 2 aromatic rings. The van der Waals surface area contributed by atoms with Gasteiger partial charge >= 0.3 is 0 Å². The van der Waals surface area contributed by atoms with Crippen LogP contribution in [-0.2, 0) is 15.6 Å². The second-order valence-electron chi connectivity index (χ2n) is 4.62. The highest BCUT2D eigenvalue weighted by Crippen LogP contribution is 2.24. The number of ketones is 1. The minimum Gasteiger partial charge on any atom is -0.508 e. The van der Waals surface area contributed by atoms with Crippen molar-refractivity contribution >= 4 is 15.6 Å². The summed E-state index contributed by atoms with van der Waals surface area (Å²) < 4.78 is 37.6. The Morgan fingerprint density at radius 1 is 1.19 bits per heavy atom. The maximum absolute atomic E-state index is 13.1. The van der Waals surface area contributed by atoms with Crippen molar-refractivity contribution in [2.75, 3.05) is 0 Å². The van der Waals surface area contributed by atoms with Gasteiger partial charge in [-0.15, -0.1) is 0 Å². The molecule has 4 nitrogen and oxygen atoms in total. The summed E-state index contributed by atoms with van der Waals surface area (Å²) in [6, 6.07) is 8.66. The Balaban J connectivity index is 2.41. The summed E-state index contributed by atoms with van der Waals surface area (Å²) in [6.07, 6.45) is 0. The molecular formula is C15H13FO4S. The number of carbonyl (C=O) groups excluding carboxylic acids is 1. The average Bonchev–Trinajstić information content (AvgIpc) is 2.41. The van der Waals surface area contributed by atoms with Gasteiger partial charge in [-0.1, -0.05) is 6.07 Å². The highest BCUT2D eigenvalue weighted by molar-refractivity contribution is 7.90. The molecule has 6 heteroatoms. The van der Waals surface area contributed by atoms with Crippen LogP contribution >= 0.6 is 0 Å². The van der Waals surface area contributed by atoms with E-state index in [0.29, 0.717) is 5.56 Å². The molecule has 0 aliphatic rings. The number of benzene rings is 2. The van der Waals surface area contributed by atoms with Gasteiger partial charge in [0.15, 0.2) is 15.6 Å². The lowest BCUT2D eigenvalue weighted by Gasteiger charge is -2.08. The molecule has 0 aliphatic carbocycles. The maximum Gasteiger partial charge on any atom is 0.182 e. The molecule has 0 radical (unpaired) electrons. The Labute approximate surface area is 121 Å². The summed E-state index contributed by atoms with van der Waals surface area (Å²) in [7, 11) is -3.81. The molecule has 0 unspecified atom stereocenters.